The van der Waals surface area contributed by atoms with E-state index in [0.29, 0.717) is 6.04 Å². The van der Waals surface area contributed by atoms with Crippen LogP contribution in [0.5, 0.6) is 0 Å². The molecule has 88 valence electrons. The van der Waals surface area contributed by atoms with Gasteiger partial charge in [-0.15, -0.1) is 0 Å². The Balaban J connectivity index is 1.84. The Morgan fingerprint density at radius 2 is 1.94 bits per heavy atom. The quantitative estimate of drug-likeness (QED) is 0.769. The predicted octanol–water partition coefficient (Wildman–Crippen LogP) is 3.49. The molecule has 16 heavy (non-hydrogen) atoms. The maximum Gasteiger partial charge on any atom is 0.00791 e. The summed E-state index contributed by atoms with van der Waals surface area (Å²) in [5, 5.41) is 3.53. The van der Waals surface area contributed by atoms with Gasteiger partial charge in [-0.3, -0.25) is 0 Å². The highest BCUT2D eigenvalue weighted by molar-refractivity contribution is 5.28. The molecule has 1 N–H and O–H groups in total. The van der Waals surface area contributed by atoms with Crippen LogP contribution in [-0.4, -0.2) is 12.6 Å². The maximum atomic E-state index is 3.53. The molecule has 1 nitrogen and oxygen atoms in total. The van der Waals surface area contributed by atoms with Crippen molar-refractivity contribution < 1.29 is 0 Å². The topological polar surface area (TPSA) is 12.0 Å². The summed E-state index contributed by atoms with van der Waals surface area (Å²) in [5.41, 5.74) is 3.00. The van der Waals surface area contributed by atoms with Gasteiger partial charge in [0.05, 0.1) is 0 Å². The molecular formula is C15H23N. The average molecular weight is 217 g/mol. The summed E-state index contributed by atoms with van der Waals surface area (Å²) < 4.78 is 0. The highest BCUT2D eigenvalue weighted by atomic mass is 14.9. The molecule has 1 atom stereocenters. The van der Waals surface area contributed by atoms with Gasteiger partial charge in [-0.2, -0.15) is 0 Å². The van der Waals surface area contributed by atoms with Gasteiger partial charge >= 0.3 is 0 Å². The second-order valence-corrected chi connectivity index (χ2v) is 5.08. The second kappa shape index (κ2) is 5.49. The molecular weight excluding hydrogens is 194 g/mol. The van der Waals surface area contributed by atoms with Crippen molar-refractivity contribution in [3.05, 3.63) is 35.4 Å². The minimum Gasteiger partial charge on any atom is -0.314 e. The molecule has 1 aromatic rings. The van der Waals surface area contributed by atoms with Crippen LogP contribution in [0, 0.1) is 0 Å². The van der Waals surface area contributed by atoms with Crippen LogP contribution in [0.3, 0.4) is 0 Å². The molecule has 2 rings (SSSR count). The standard InChI is InChI=1S/C15H23N/c1-3-10-16-12(2)11-13-4-6-14(7-5-13)15-8-9-15/h4-7,12,15-16H,3,8-11H2,1-2H3. The van der Waals surface area contributed by atoms with Gasteiger partial charge in [-0.25, -0.2) is 0 Å². The van der Waals surface area contributed by atoms with Crippen molar-refractivity contribution in [1.29, 1.82) is 0 Å². The fourth-order valence-corrected chi connectivity index (χ4v) is 2.16. The van der Waals surface area contributed by atoms with Crippen LogP contribution in [0.15, 0.2) is 24.3 Å². The highest BCUT2D eigenvalue weighted by Crippen LogP contribution is 2.39. The monoisotopic (exact) mass is 217 g/mol. The van der Waals surface area contributed by atoms with Crippen LogP contribution in [0.4, 0.5) is 0 Å². The normalized spacial score (nSPS) is 17.4. The first-order valence-corrected chi connectivity index (χ1v) is 6.62. The molecule has 0 heterocycles. The van der Waals surface area contributed by atoms with Crippen molar-refractivity contribution in [2.24, 2.45) is 0 Å². The van der Waals surface area contributed by atoms with Crippen molar-refractivity contribution in [1.82, 2.24) is 5.32 Å². The van der Waals surface area contributed by atoms with Gasteiger partial charge in [-0.1, -0.05) is 31.2 Å². The Labute approximate surface area is 99.3 Å². The fraction of sp³-hybridized carbons (Fsp3) is 0.600. The number of hydrogen-bond donors (Lipinski definition) is 1. The molecule has 1 saturated carbocycles. The molecule has 1 heteroatoms. The van der Waals surface area contributed by atoms with Crippen molar-refractivity contribution >= 4 is 0 Å². The van der Waals surface area contributed by atoms with Crippen LogP contribution in [0.2, 0.25) is 0 Å². The highest BCUT2D eigenvalue weighted by Gasteiger charge is 2.22. The predicted molar refractivity (Wildman–Crippen MR) is 69.9 cm³/mol. The van der Waals surface area contributed by atoms with E-state index in [0.717, 1.165) is 18.9 Å². The van der Waals surface area contributed by atoms with E-state index in [2.05, 4.69) is 43.4 Å². The average Bonchev–Trinajstić information content (AvgIpc) is 3.11. The molecule has 1 aromatic carbocycles. The molecule has 1 aliphatic carbocycles. The summed E-state index contributed by atoms with van der Waals surface area (Å²) in [6, 6.07) is 9.83. The molecule has 0 bridgehead atoms. The van der Waals surface area contributed by atoms with E-state index in [4.69, 9.17) is 0 Å². The maximum absolute atomic E-state index is 3.53. The van der Waals surface area contributed by atoms with Crippen LogP contribution in [0.25, 0.3) is 0 Å². The van der Waals surface area contributed by atoms with E-state index >= 15 is 0 Å². The first-order chi connectivity index (χ1) is 7.79. The molecule has 0 radical (unpaired) electrons. The largest absolute Gasteiger partial charge is 0.314 e. The molecule has 0 amide bonds. The smallest absolute Gasteiger partial charge is 0.00791 e. The Morgan fingerprint density at radius 3 is 2.50 bits per heavy atom. The minimum atomic E-state index is 0.590. The summed E-state index contributed by atoms with van der Waals surface area (Å²) in [7, 11) is 0. The molecule has 1 aliphatic rings. The molecule has 1 fully saturated rings. The van der Waals surface area contributed by atoms with Crippen LogP contribution in [0.1, 0.15) is 50.2 Å². The van der Waals surface area contributed by atoms with E-state index in [1.54, 1.807) is 0 Å². The summed E-state index contributed by atoms with van der Waals surface area (Å²) in [6.07, 6.45) is 5.15. The van der Waals surface area contributed by atoms with Gasteiger partial charge in [0, 0.05) is 6.04 Å². The van der Waals surface area contributed by atoms with Crippen LogP contribution in [-0.2, 0) is 6.42 Å². The lowest BCUT2D eigenvalue weighted by molar-refractivity contribution is 0.543. The number of nitrogens with one attached hydrogen (secondary N) is 1. The van der Waals surface area contributed by atoms with E-state index in [-0.39, 0.29) is 0 Å². The van der Waals surface area contributed by atoms with Crippen molar-refractivity contribution in [2.45, 2.75) is 51.5 Å². The summed E-state index contributed by atoms with van der Waals surface area (Å²) >= 11 is 0. The van der Waals surface area contributed by atoms with Crippen molar-refractivity contribution in [2.75, 3.05) is 6.54 Å². The lowest BCUT2D eigenvalue weighted by Crippen LogP contribution is -2.28. The lowest BCUT2D eigenvalue weighted by atomic mass is 10.0. The van der Waals surface area contributed by atoms with Crippen molar-refractivity contribution in [3.8, 4) is 0 Å². The number of rotatable bonds is 6. The van der Waals surface area contributed by atoms with E-state index < -0.39 is 0 Å². The Kier molecular flexibility index (Phi) is 4.00. The van der Waals surface area contributed by atoms with Crippen LogP contribution >= 0.6 is 0 Å². The van der Waals surface area contributed by atoms with Gasteiger partial charge in [0.15, 0.2) is 0 Å². The van der Waals surface area contributed by atoms with Gasteiger partial charge < -0.3 is 5.32 Å². The zero-order valence-electron chi connectivity index (χ0n) is 10.5. The minimum absolute atomic E-state index is 0.590. The first kappa shape index (κ1) is 11.7. The van der Waals surface area contributed by atoms with Gasteiger partial charge in [0.25, 0.3) is 0 Å². The van der Waals surface area contributed by atoms with Crippen LogP contribution < -0.4 is 5.32 Å². The third kappa shape index (κ3) is 3.34. The molecule has 0 aromatic heterocycles. The Morgan fingerprint density at radius 1 is 1.25 bits per heavy atom. The third-order valence-electron chi connectivity index (χ3n) is 3.31. The molecule has 1 unspecified atom stereocenters. The lowest BCUT2D eigenvalue weighted by Gasteiger charge is -2.13. The van der Waals surface area contributed by atoms with Gasteiger partial charge in [0.1, 0.15) is 0 Å². The zero-order valence-corrected chi connectivity index (χ0v) is 10.5. The van der Waals surface area contributed by atoms with E-state index in [1.165, 1.54) is 30.4 Å². The summed E-state index contributed by atoms with van der Waals surface area (Å²) in [6.45, 7) is 5.61. The second-order valence-electron chi connectivity index (χ2n) is 5.08. The first-order valence-electron chi connectivity index (χ1n) is 6.62. The van der Waals surface area contributed by atoms with E-state index in [9.17, 15) is 0 Å². The van der Waals surface area contributed by atoms with Crippen molar-refractivity contribution in [3.63, 3.8) is 0 Å². The van der Waals surface area contributed by atoms with E-state index in [1.807, 2.05) is 0 Å². The molecule has 0 saturated heterocycles. The van der Waals surface area contributed by atoms with Gasteiger partial charge in [0.2, 0.25) is 0 Å². The molecule has 0 aliphatic heterocycles. The summed E-state index contributed by atoms with van der Waals surface area (Å²) in [5.74, 6) is 0.879. The number of hydrogen-bond acceptors (Lipinski definition) is 1. The fourth-order valence-electron chi connectivity index (χ4n) is 2.16. The zero-order chi connectivity index (χ0) is 11.4. The molecule has 0 spiro atoms. The Bertz CT molecular complexity index is 311. The third-order valence-corrected chi connectivity index (χ3v) is 3.31. The SMILES string of the molecule is CCCNC(C)Cc1ccc(C2CC2)cc1. The van der Waals surface area contributed by atoms with Gasteiger partial charge in [-0.05, 0) is 56.2 Å². The Hall–Kier alpha value is -0.820. The number of benzene rings is 1. The summed E-state index contributed by atoms with van der Waals surface area (Å²) in [4.78, 5) is 0.